The Kier molecular flexibility index (Phi) is 6.97. The number of benzene rings is 3. The van der Waals surface area contributed by atoms with Crippen LogP contribution in [0.4, 0.5) is 0 Å². The van der Waals surface area contributed by atoms with Crippen molar-refractivity contribution in [2.24, 2.45) is 0 Å². The summed E-state index contributed by atoms with van der Waals surface area (Å²) in [5.41, 5.74) is 5.55. The molecule has 0 aliphatic rings. The molecular formula is C30H32N2O4. The van der Waals surface area contributed by atoms with Crippen molar-refractivity contribution < 1.29 is 19.4 Å². The number of aromatic nitrogens is 2. The second-order valence-corrected chi connectivity index (χ2v) is 10.1. The highest BCUT2D eigenvalue weighted by atomic mass is 16.6. The van der Waals surface area contributed by atoms with Gasteiger partial charge in [0.05, 0.1) is 22.2 Å². The summed E-state index contributed by atoms with van der Waals surface area (Å²) < 4.78 is 7.71. The van der Waals surface area contributed by atoms with Gasteiger partial charge in [-0.25, -0.2) is 14.6 Å². The zero-order valence-corrected chi connectivity index (χ0v) is 21.5. The fourth-order valence-corrected chi connectivity index (χ4v) is 4.37. The van der Waals surface area contributed by atoms with Crippen LogP contribution in [0.2, 0.25) is 0 Å². The van der Waals surface area contributed by atoms with E-state index in [1.165, 1.54) is 0 Å². The maximum Gasteiger partial charge on any atom is 0.339 e. The third kappa shape index (κ3) is 5.33. The number of hydrogen-bond acceptors (Lipinski definition) is 4. The maximum atomic E-state index is 12.8. The highest BCUT2D eigenvalue weighted by molar-refractivity contribution is 5.97. The molecule has 0 saturated heterocycles. The Bertz CT molecular complexity index is 1430. The molecule has 0 unspecified atom stereocenters. The number of esters is 1. The number of hydrogen-bond donors (Lipinski definition) is 1. The van der Waals surface area contributed by atoms with E-state index in [9.17, 15) is 14.7 Å². The van der Waals surface area contributed by atoms with Gasteiger partial charge in [-0.2, -0.15) is 0 Å². The fraction of sp³-hybridized carbons (Fsp3) is 0.300. The molecule has 0 aliphatic carbocycles. The molecule has 0 aliphatic heterocycles. The van der Waals surface area contributed by atoms with E-state index in [0.29, 0.717) is 12.1 Å². The molecule has 1 heterocycles. The van der Waals surface area contributed by atoms with Gasteiger partial charge >= 0.3 is 11.9 Å². The standard InChI is InChI=1S/C30H32N2O4/c1-6-9-26-31-27-19(2)16-22(28(33)34)17-25(27)32(26)18-20-12-14-21(15-13-20)23-10-7-8-11-24(23)29(35)36-30(3,4)5/h7-8,10-17H,6,9,18H2,1-5H3,(H,33,34). The Labute approximate surface area is 211 Å². The van der Waals surface area contributed by atoms with Crippen molar-refractivity contribution in [1.82, 2.24) is 9.55 Å². The van der Waals surface area contributed by atoms with E-state index in [1.54, 1.807) is 18.2 Å². The summed E-state index contributed by atoms with van der Waals surface area (Å²) >= 11 is 0. The first-order valence-corrected chi connectivity index (χ1v) is 12.2. The van der Waals surface area contributed by atoms with Gasteiger partial charge in [0.1, 0.15) is 11.4 Å². The van der Waals surface area contributed by atoms with Gasteiger partial charge in [-0.05, 0) is 74.6 Å². The number of ether oxygens (including phenoxy) is 1. The molecule has 6 nitrogen and oxygen atoms in total. The molecule has 0 radical (unpaired) electrons. The largest absolute Gasteiger partial charge is 0.478 e. The number of fused-ring (bicyclic) bond motifs is 1. The lowest BCUT2D eigenvalue weighted by Gasteiger charge is -2.20. The second kappa shape index (κ2) is 9.97. The van der Waals surface area contributed by atoms with Crippen molar-refractivity contribution in [2.45, 2.75) is 59.6 Å². The molecule has 0 amide bonds. The maximum absolute atomic E-state index is 12.8. The van der Waals surface area contributed by atoms with Gasteiger partial charge in [0.2, 0.25) is 0 Å². The SMILES string of the molecule is CCCc1nc2c(C)cc(C(=O)O)cc2n1Cc1ccc(-c2ccccc2C(=O)OC(C)(C)C)cc1. The Balaban J connectivity index is 1.69. The Morgan fingerprint density at radius 3 is 2.36 bits per heavy atom. The number of carbonyl (C=O) groups excluding carboxylic acids is 1. The smallest absolute Gasteiger partial charge is 0.339 e. The summed E-state index contributed by atoms with van der Waals surface area (Å²) in [6, 6.07) is 18.9. The van der Waals surface area contributed by atoms with Crippen LogP contribution in [0.3, 0.4) is 0 Å². The van der Waals surface area contributed by atoms with E-state index >= 15 is 0 Å². The van der Waals surface area contributed by atoms with Crippen molar-refractivity contribution in [3.8, 4) is 11.1 Å². The Hall–Kier alpha value is -3.93. The molecule has 3 aromatic carbocycles. The van der Waals surface area contributed by atoms with Gasteiger partial charge < -0.3 is 14.4 Å². The molecule has 186 valence electrons. The molecule has 0 atom stereocenters. The minimum Gasteiger partial charge on any atom is -0.478 e. The van der Waals surface area contributed by atoms with Crippen molar-refractivity contribution >= 4 is 23.0 Å². The molecule has 36 heavy (non-hydrogen) atoms. The van der Waals surface area contributed by atoms with Gasteiger partial charge in [0, 0.05) is 13.0 Å². The monoisotopic (exact) mass is 484 g/mol. The predicted octanol–water partition coefficient (Wildman–Crippen LogP) is 6.67. The first-order chi connectivity index (χ1) is 17.1. The van der Waals surface area contributed by atoms with Crippen molar-refractivity contribution in [1.29, 1.82) is 0 Å². The lowest BCUT2D eigenvalue weighted by molar-refractivity contribution is 0.00702. The number of imidazole rings is 1. The van der Waals surface area contributed by atoms with Gasteiger partial charge in [0.15, 0.2) is 0 Å². The van der Waals surface area contributed by atoms with E-state index in [4.69, 9.17) is 9.72 Å². The third-order valence-electron chi connectivity index (χ3n) is 6.00. The van der Waals surface area contributed by atoms with Crippen LogP contribution in [0.15, 0.2) is 60.7 Å². The van der Waals surface area contributed by atoms with E-state index in [-0.39, 0.29) is 11.5 Å². The third-order valence-corrected chi connectivity index (χ3v) is 6.00. The minimum absolute atomic E-state index is 0.262. The van der Waals surface area contributed by atoms with Crippen LogP contribution in [0.1, 0.15) is 71.8 Å². The normalized spacial score (nSPS) is 11.6. The molecule has 4 aromatic rings. The molecular weight excluding hydrogens is 452 g/mol. The van der Waals surface area contributed by atoms with Crippen LogP contribution in [0.5, 0.6) is 0 Å². The van der Waals surface area contributed by atoms with E-state index in [0.717, 1.165) is 52.0 Å². The van der Waals surface area contributed by atoms with Crippen molar-refractivity contribution in [3.63, 3.8) is 0 Å². The fourth-order valence-electron chi connectivity index (χ4n) is 4.37. The van der Waals surface area contributed by atoms with Gasteiger partial charge in [-0.1, -0.05) is 49.4 Å². The summed E-state index contributed by atoms with van der Waals surface area (Å²) in [7, 11) is 0. The Morgan fingerprint density at radius 2 is 1.72 bits per heavy atom. The molecule has 1 N–H and O–H groups in total. The predicted molar refractivity (Wildman–Crippen MR) is 142 cm³/mol. The molecule has 0 fully saturated rings. The molecule has 1 aromatic heterocycles. The molecule has 0 spiro atoms. The molecule has 6 heteroatoms. The highest BCUT2D eigenvalue weighted by Crippen LogP contribution is 2.28. The van der Waals surface area contributed by atoms with Crippen molar-refractivity contribution in [2.75, 3.05) is 0 Å². The lowest BCUT2D eigenvalue weighted by Crippen LogP contribution is -2.24. The summed E-state index contributed by atoms with van der Waals surface area (Å²) in [5, 5.41) is 9.56. The zero-order valence-electron chi connectivity index (χ0n) is 21.5. The van der Waals surface area contributed by atoms with Crippen LogP contribution in [-0.4, -0.2) is 32.2 Å². The van der Waals surface area contributed by atoms with E-state index < -0.39 is 11.6 Å². The summed E-state index contributed by atoms with van der Waals surface area (Å²) in [6.07, 6.45) is 1.74. The zero-order chi connectivity index (χ0) is 26.0. The average molecular weight is 485 g/mol. The van der Waals surface area contributed by atoms with Crippen LogP contribution in [-0.2, 0) is 17.7 Å². The number of carbonyl (C=O) groups is 2. The Morgan fingerprint density at radius 1 is 1.03 bits per heavy atom. The number of rotatable bonds is 7. The highest BCUT2D eigenvalue weighted by Gasteiger charge is 2.21. The van der Waals surface area contributed by atoms with Crippen LogP contribution in [0.25, 0.3) is 22.2 Å². The molecule has 0 saturated carbocycles. The summed E-state index contributed by atoms with van der Waals surface area (Å²) in [5.74, 6) is -0.351. The topological polar surface area (TPSA) is 81.4 Å². The van der Waals surface area contributed by atoms with Crippen LogP contribution in [0, 0.1) is 6.92 Å². The van der Waals surface area contributed by atoms with E-state index in [1.807, 2.05) is 70.2 Å². The van der Waals surface area contributed by atoms with Crippen LogP contribution < -0.4 is 0 Å². The average Bonchev–Trinajstić information content (AvgIpc) is 3.16. The summed E-state index contributed by atoms with van der Waals surface area (Å²) in [4.78, 5) is 29.3. The van der Waals surface area contributed by atoms with Crippen LogP contribution >= 0.6 is 0 Å². The molecule has 4 rings (SSSR count). The van der Waals surface area contributed by atoms with E-state index in [2.05, 4.69) is 11.5 Å². The lowest BCUT2D eigenvalue weighted by atomic mass is 9.98. The number of aromatic carboxylic acids is 1. The van der Waals surface area contributed by atoms with Crippen molar-refractivity contribution in [3.05, 3.63) is 88.7 Å². The number of carboxylic acid groups (broad SMARTS) is 1. The molecule has 0 bridgehead atoms. The minimum atomic E-state index is -0.946. The summed E-state index contributed by atoms with van der Waals surface area (Å²) in [6.45, 7) is 10.2. The van der Waals surface area contributed by atoms with Gasteiger partial charge in [-0.3, -0.25) is 0 Å². The number of carboxylic acids is 1. The first-order valence-electron chi connectivity index (χ1n) is 12.2. The van der Waals surface area contributed by atoms with Gasteiger partial charge in [0.25, 0.3) is 0 Å². The van der Waals surface area contributed by atoms with Gasteiger partial charge in [-0.15, -0.1) is 0 Å². The first kappa shape index (κ1) is 25.2. The quantitative estimate of drug-likeness (QED) is 0.296. The number of nitrogens with zero attached hydrogens (tertiary/aromatic N) is 2. The number of aryl methyl sites for hydroxylation is 2. The second-order valence-electron chi connectivity index (χ2n) is 10.1.